The Kier molecular flexibility index (Phi) is 11.0. The lowest BCUT2D eigenvalue weighted by Crippen LogP contribution is -2.15. The maximum absolute atomic E-state index is 2.44. The van der Waals surface area contributed by atoms with Gasteiger partial charge in [-0.15, -0.1) is 0 Å². The summed E-state index contributed by atoms with van der Waals surface area (Å²) in [5.74, 6) is 0. The van der Waals surface area contributed by atoms with Crippen molar-refractivity contribution in [3.63, 3.8) is 0 Å². The first-order valence-electron chi connectivity index (χ1n) is 27.6. The van der Waals surface area contributed by atoms with Gasteiger partial charge in [0.15, 0.2) is 0 Å². The van der Waals surface area contributed by atoms with E-state index in [2.05, 4.69) is 305 Å². The third kappa shape index (κ3) is 7.74. The van der Waals surface area contributed by atoms with Gasteiger partial charge < -0.3 is 0 Å². The molecule has 0 N–H and O–H groups in total. The Hall–Kier alpha value is -9.88. The van der Waals surface area contributed by atoms with Crippen LogP contribution in [0.15, 0.2) is 291 Å². The zero-order chi connectivity index (χ0) is 52.6. The van der Waals surface area contributed by atoms with Crippen molar-refractivity contribution >= 4 is 43.1 Å². The lowest BCUT2D eigenvalue weighted by molar-refractivity contribution is 0.661. The SMILES string of the molecule is CC1(C)c2cc(-c3ccc(-c4ccc(-c5ccc(-c6c7ccccc7c(-c7ccccc7)c7ccccc67)cc5)cc4)cc3)ccc2-c2ccc(-c3ccc(-c4c5ccccc5c(-c5ccccc5)c5ccccc45)cc3)cc21. The molecule has 0 radical (unpaired) electrons. The van der Waals surface area contributed by atoms with Gasteiger partial charge in [0, 0.05) is 5.41 Å². The normalized spacial score (nSPS) is 12.5. The standard InChI is InChI=1S/C79H54/c1-79(2)73-49-61(45-47-63(73)64-48-46-62(50-74(64)79)56-39-43-60(44-40-56)78-71-27-15-11-23-67(71)76(58-19-7-4-8-20-58)68-24-12-16-28-72(68)78)55-35-33-53(34-36-55)51-29-31-52(32-30-51)54-37-41-59(42-38-54)77-69-25-13-9-21-65(69)75(57-17-5-3-6-18-57)66-22-10-14-26-70(66)77/h3-50H,1-2H3. The fourth-order valence-electron chi connectivity index (χ4n) is 13.2. The van der Waals surface area contributed by atoms with Gasteiger partial charge in [-0.05, 0) is 166 Å². The van der Waals surface area contributed by atoms with Crippen LogP contribution in [0.4, 0.5) is 0 Å². The van der Waals surface area contributed by atoms with Crippen LogP contribution >= 0.6 is 0 Å². The molecule has 0 spiro atoms. The zero-order valence-electron chi connectivity index (χ0n) is 44.2. The molecular weight excluding hydrogens is 949 g/mol. The summed E-state index contributed by atoms with van der Waals surface area (Å²) in [6, 6.07) is 108. The van der Waals surface area contributed by atoms with Gasteiger partial charge in [0.2, 0.25) is 0 Å². The first kappa shape index (κ1) is 46.4. The Labute approximate surface area is 462 Å². The molecule has 0 amide bonds. The highest BCUT2D eigenvalue weighted by Crippen LogP contribution is 2.52. The summed E-state index contributed by atoms with van der Waals surface area (Å²) in [5, 5.41) is 10.2. The highest BCUT2D eigenvalue weighted by Gasteiger charge is 2.36. The topological polar surface area (TPSA) is 0 Å². The summed E-state index contributed by atoms with van der Waals surface area (Å²) in [6.07, 6.45) is 0. The van der Waals surface area contributed by atoms with Crippen LogP contribution in [0.25, 0.3) is 143 Å². The van der Waals surface area contributed by atoms with Crippen molar-refractivity contribution in [1.29, 1.82) is 0 Å². The molecule has 1 aliphatic carbocycles. The van der Waals surface area contributed by atoms with E-state index in [0.717, 1.165) is 0 Å². The molecule has 0 aliphatic heterocycles. The monoisotopic (exact) mass is 1000 g/mol. The van der Waals surface area contributed by atoms with Crippen LogP contribution in [-0.4, -0.2) is 0 Å². The molecule has 0 saturated carbocycles. The molecule has 0 unspecified atom stereocenters. The van der Waals surface area contributed by atoms with E-state index in [9.17, 15) is 0 Å². The molecule has 15 rings (SSSR count). The molecule has 370 valence electrons. The summed E-state index contributed by atoms with van der Waals surface area (Å²) in [6.45, 7) is 4.78. The number of rotatable bonds is 8. The smallest absolute Gasteiger partial charge is 0.0159 e. The van der Waals surface area contributed by atoms with Gasteiger partial charge in [-0.2, -0.15) is 0 Å². The first-order valence-corrected chi connectivity index (χ1v) is 27.6. The second kappa shape index (κ2) is 18.7. The van der Waals surface area contributed by atoms with E-state index >= 15 is 0 Å². The van der Waals surface area contributed by atoms with Crippen LogP contribution < -0.4 is 0 Å². The fraction of sp³-hybridized carbons (Fsp3) is 0.0380. The minimum Gasteiger partial charge on any atom is -0.0622 e. The van der Waals surface area contributed by atoms with E-state index < -0.39 is 0 Å². The molecule has 0 heteroatoms. The van der Waals surface area contributed by atoms with Gasteiger partial charge in [-0.3, -0.25) is 0 Å². The minimum absolute atomic E-state index is 0.159. The lowest BCUT2D eigenvalue weighted by Gasteiger charge is -2.23. The molecule has 0 fully saturated rings. The van der Waals surface area contributed by atoms with E-state index in [1.807, 2.05) is 0 Å². The van der Waals surface area contributed by atoms with E-state index in [0.29, 0.717) is 0 Å². The van der Waals surface area contributed by atoms with Crippen molar-refractivity contribution in [2.75, 3.05) is 0 Å². The van der Waals surface area contributed by atoms with Gasteiger partial charge in [0.25, 0.3) is 0 Å². The van der Waals surface area contributed by atoms with Gasteiger partial charge >= 0.3 is 0 Å². The van der Waals surface area contributed by atoms with E-state index in [1.54, 1.807) is 0 Å². The van der Waals surface area contributed by atoms with Crippen molar-refractivity contribution in [1.82, 2.24) is 0 Å². The molecule has 14 aromatic rings. The van der Waals surface area contributed by atoms with Crippen LogP contribution in [0.1, 0.15) is 25.0 Å². The Morgan fingerprint density at radius 2 is 0.367 bits per heavy atom. The predicted molar refractivity (Wildman–Crippen MR) is 338 cm³/mol. The van der Waals surface area contributed by atoms with E-state index in [1.165, 1.54) is 154 Å². The Morgan fingerprint density at radius 1 is 0.177 bits per heavy atom. The molecule has 79 heavy (non-hydrogen) atoms. The molecule has 0 atom stereocenters. The molecule has 0 bridgehead atoms. The Morgan fingerprint density at radius 3 is 0.620 bits per heavy atom. The van der Waals surface area contributed by atoms with Crippen LogP contribution in [0.3, 0.4) is 0 Å². The summed E-state index contributed by atoms with van der Waals surface area (Å²) < 4.78 is 0. The van der Waals surface area contributed by atoms with Crippen molar-refractivity contribution in [3.8, 4) is 100 Å². The maximum atomic E-state index is 2.44. The first-order chi connectivity index (χ1) is 38.9. The lowest BCUT2D eigenvalue weighted by atomic mass is 9.80. The van der Waals surface area contributed by atoms with Crippen molar-refractivity contribution in [3.05, 3.63) is 302 Å². The number of hydrogen-bond acceptors (Lipinski definition) is 0. The molecule has 0 heterocycles. The molecule has 1 aliphatic rings. The Balaban J connectivity index is 0.673. The third-order valence-corrected chi connectivity index (χ3v) is 17.1. The Bertz CT molecular complexity index is 4550. The second-order valence-electron chi connectivity index (χ2n) is 21.9. The fourth-order valence-corrected chi connectivity index (χ4v) is 13.2. The van der Waals surface area contributed by atoms with Gasteiger partial charge in [0.05, 0.1) is 0 Å². The number of fused-ring (bicyclic) bond motifs is 7. The molecule has 14 aromatic carbocycles. The highest BCUT2D eigenvalue weighted by atomic mass is 14.4. The summed E-state index contributed by atoms with van der Waals surface area (Å²) >= 11 is 0. The average molecular weight is 1000 g/mol. The van der Waals surface area contributed by atoms with E-state index in [-0.39, 0.29) is 5.41 Å². The van der Waals surface area contributed by atoms with Crippen LogP contribution in [0.5, 0.6) is 0 Å². The van der Waals surface area contributed by atoms with E-state index in [4.69, 9.17) is 0 Å². The van der Waals surface area contributed by atoms with Gasteiger partial charge in [0.1, 0.15) is 0 Å². The molecule has 0 nitrogen and oxygen atoms in total. The highest BCUT2D eigenvalue weighted by molar-refractivity contribution is 6.23. The van der Waals surface area contributed by atoms with Crippen LogP contribution in [-0.2, 0) is 5.41 Å². The van der Waals surface area contributed by atoms with Gasteiger partial charge in [-0.1, -0.05) is 293 Å². The van der Waals surface area contributed by atoms with Crippen molar-refractivity contribution in [2.24, 2.45) is 0 Å². The number of benzene rings is 14. The molecule has 0 aromatic heterocycles. The summed E-state index contributed by atoms with van der Waals surface area (Å²) in [4.78, 5) is 0. The molecular formula is C79H54. The zero-order valence-corrected chi connectivity index (χ0v) is 44.2. The summed E-state index contributed by atoms with van der Waals surface area (Å²) in [7, 11) is 0. The second-order valence-corrected chi connectivity index (χ2v) is 21.9. The van der Waals surface area contributed by atoms with Crippen molar-refractivity contribution in [2.45, 2.75) is 19.3 Å². The van der Waals surface area contributed by atoms with Crippen molar-refractivity contribution < 1.29 is 0 Å². The average Bonchev–Trinajstić information content (AvgIpc) is 4.04. The van der Waals surface area contributed by atoms with Crippen LogP contribution in [0.2, 0.25) is 0 Å². The minimum atomic E-state index is -0.159. The molecule has 0 saturated heterocycles. The predicted octanol–water partition coefficient (Wildman–Crippen LogP) is 21.9. The largest absolute Gasteiger partial charge is 0.0622 e. The third-order valence-electron chi connectivity index (χ3n) is 17.1. The summed E-state index contributed by atoms with van der Waals surface area (Å²) in [5.41, 5.74) is 25.1. The quantitative estimate of drug-likeness (QED) is 0.133. The van der Waals surface area contributed by atoms with Crippen LogP contribution in [0, 0.1) is 0 Å². The number of hydrogen-bond donors (Lipinski definition) is 0. The van der Waals surface area contributed by atoms with Gasteiger partial charge in [-0.25, -0.2) is 0 Å². The maximum Gasteiger partial charge on any atom is 0.0159 e.